The van der Waals surface area contributed by atoms with Gasteiger partial charge in [-0.05, 0) is 31.9 Å². The lowest BCUT2D eigenvalue weighted by Gasteiger charge is -2.50. The van der Waals surface area contributed by atoms with Crippen molar-refractivity contribution in [1.82, 2.24) is 5.32 Å². The van der Waals surface area contributed by atoms with Crippen LogP contribution in [0.15, 0.2) is 24.3 Å². The molecule has 1 N–H and O–H groups in total. The van der Waals surface area contributed by atoms with E-state index in [0.29, 0.717) is 5.41 Å². The van der Waals surface area contributed by atoms with E-state index in [9.17, 15) is 0 Å². The quantitative estimate of drug-likeness (QED) is 0.885. The highest BCUT2D eigenvalue weighted by Crippen LogP contribution is 2.38. The Morgan fingerprint density at radius 1 is 1.33 bits per heavy atom. The van der Waals surface area contributed by atoms with Gasteiger partial charge in [-0.2, -0.15) is 0 Å². The van der Waals surface area contributed by atoms with Crippen molar-refractivity contribution in [2.45, 2.75) is 19.8 Å². The molecule has 1 aromatic rings. The van der Waals surface area contributed by atoms with Crippen LogP contribution in [0.3, 0.4) is 0 Å². The molecule has 0 unspecified atom stereocenters. The summed E-state index contributed by atoms with van der Waals surface area (Å²) >= 11 is 0. The van der Waals surface area contributed by atoms with Crippen molar-refractivity contribution in [2.24, 2.45) is 5.41 Å². The van der Waals surface area contributed by atoms with Gasteiger partial charge in [0.2, 0.25) is 0 Å². The van der Waals surface area contributed by atoms with Crippen LogP contribution in [0.5, 0.6) is 5.75 Å². The maximum Gasteiger partial charge on any atom is 0.142 e. The molecule has 3 rings (SSSR count). The van der Waals surface area contributed by atoms with Gasteiger partial charge >= 0.3 is 0 Å². The molecule has 98 valence electrons. The van der Waals surface area contributed by atoms with Gasteiger partial charge < -0.3 is 15.0 Å². The van der Waals surface area contributed by atoms with Gasteiger partial charge in [-0.1, -0.05) is 12.1 Å². The maximum atomic E-state index is 5.75. The average molecular weight is 246 g/mol. The van der Waals surface area contributed by atoms with E-state index >= 15 is 0 Å². The minimum atomic E-state index is 0.525. The number of nitrogens with zero attached hydrogens (tertiary/aromatic N) is 1. The van der Waals surface area contributed by atoms with Gasteiger partial charge in [0.05, 0.1) is 12.3 Å². The van der Waals surface area contributed by atoms with Gasteiger partial charge in [-0.3, -0.25) is 0 Å². The summed E-state index contributed by atoms with van der Waals surface area (Å²) < 4.78 is 5.75. The fraction of sp³-hybridized carbons (Fsp3) is 0.600. The van der Waals surface area contributed by atoms with Crippen molar-refractivity contribution < 1.29 is 4.74 Å². The molecule has 3 nitrogen and oxygen atoms in total. The molecule has 3 heteroatoms. The molecule has 18 heavy (non-hydrogen) atoms. The number of piperidine rings is 1. The molecule has 2 fully saturated rings. The van der Waals surface area contributed by atoms with Gasteiger partial charge in [0.25, 0.3) is 0 Å². The molecule has 2 heterocycles. The van der Waals surface area contributed by atoms with Crippen molar-refractivity contribution in [2.75, 3.05) is 37.7 Å². The molecule has 0 amide bonds. The molecule has 0 saturated carbocycles. The zero-order chi connectivity index (χ0) is 12.4. The molecular formula is C15H22N2O. The van der Waals surface area contributed by atoms with E-state index in [0.717, 1.165) is 18.9 Å². The first-order valence-electron chi connectivity index (χ1n) is 7.00. The van der Waals surface area contributed by atoms with E-state index in [-0.39, 0.29) is 0 Å². The number of hydrogen-bond acceptors (Lipinski definition) is 3. The molecule has 0 bridgehead atoms. The van der Waals surface area contributed by atoms with Crippen molar-refractivity contribution >= 4 is 5.69 Å². The highest BCUT2D eigenvalue weighted by molar-refractivity contribution is 5.59. The first-order chi connectivity index (χ1) is 8.83. The Hall–Kier alpha value is -1.22. The third-order valence-electron chi connectivity index (χ3n) is 4.17. The fourth-order valence-corrected chi connectivity index (χ4v) is 3.18. The number of ether oxygens (including phenoxy) is 1. The largest absolute Gasteiger partial charge is 0.492 e. The molecule has 1 spiro atoms. The lowest BCUT2D eigenvalue weighted by atomic mass is 9.75. The first kappa shape index (κ1) is 11.8. The van der Waals surface area contributed by atoms with Gasteiger partial charge in [0.1, 0.15) is 5.75 Å². The summed E-state index contributed by atoms with van der Waals surface area (Å²) in [4.78, 5) is 2.51. The number of benzene rings is 1. The topological polar surface area (TPSA) is 24.5 Å². The highest BCUT2D eigenvalue weighted by Gasteiger charge is 2.40. The summed E-state index contributed by atoms with van der Waals surface area (Å²) in [5.41, 5.74) is 1.79. The van der Waals surface area contributed by atoms with Crippen LogP contribution in [0.1, 0.15) is 19.8 Å². The average Bonchev–Trinajstić information content (AvgIpc) is 2.38. The second-order valence-electron chi connectivity index (χ2n) is 5.53. The number of nitrogens with one attached hydrogen (secondary N) is 1. The molecule has 2 aliphatic rings. The zero-order valence-corrected chi connectivity index (χ0v) is 11.1. The summed E-state index contributed by atoms with van der Waals surface area (Å²) in [7, 11) is 0. The molecule has 2 saturated heterocycles. The van der Waals surface area contributed by atoms with Crippen LogP contribution in [0, 0.1) is 5.41 Å². The van der Waals surface area contributed by atoms with Crippen LogP contribution in [-0.2, 0) is 0 Å². The van der Waals surface area contributed by atoms with Gasteiger partial charge in [0, 0.05) is 31.6 Å². The normalized spacial score (nSPS) is 21.7. The Balaban J connectivity index is 1.81. The lowest BCUT2D eigenvalue weighted by Crippen LogP contribution is -2.61. The third kappa shape index (κ3) is 2.07. The second-order valence-corrected chi connectivity index (χ2v) is 5.53. The second kappa shape index (κ2) is 4.81. The molecule has 2 aliphatic heterocycles. The summed E-state index contributed by atoms with van der Waals surface area (Å²) in [6, 6.07) is 8.44. The molecule has 0 aromatic heterocycles. The predicted molar refractivity (Wildman–Crippen MR) is 74.4 cm³/mol. The van der Waals surface area contributed by atoms with Crippen molar-refractivity contribution in [3.05, 3.63) is 24.3 Å². The number of anilines is 1. The zero-order valence-electron chi connectivity index (χ0n) is 11.1. The Morgan fingerprint density at radius 2 is 2.17 bits per heavy atom. The number of rotatable bonds is 3. The Bertz CT molecular complexity index is 415. The van der Waals surface area contributed by atoms with Gasteiger partial charge in [0.15, 0.2) is 0 Å². The van der Waals surface area contributed by atoms with E-state index in [1.165, 1.54) is 38.2 Å². The molecule has 0 aliphatic carbocycles. The van der Waals surface area contributed by atoms with Crippen LogP contribution >= 0.6 is 0 Å². The Morgan fingerprint density at radius 3 is 2.89 bits per heavy atom. The monoisotopic (exact) mass is 246 g/mol. The summed E-state index contributed by atoms with van der Waals surface area (Å²) in [5.74, 6) is 1.03. The third-order valence-corrected chi connectivity index (χ3v) is 4.17. The van der Waals surface area contributed by atoms with E-state index in [2.05, 4.69) is 34.5 Å². The predicted octanol–water partition coefficient (Wildman–Crippen LogP) is 2.28. The van der Waals surface area contributed by atoms with Gasteiger partial charge in [-0.15, -0.1) is 0 Å². The van der Waals surface area contributed by atoms with Crippen molar-refractivity contribution in [3.8, 4) is 5.75 Å². The highest BCUT2D eigenvalue weighted by atomic mass is 16.5. The molecule has 0 radical (unpaired) electrons. The molecule has 1 aromatic carbocycles. The standard InChI is InChI=1S/C15H22N2O/c1-2-18-14-7-4-3-6-13(14)17-9-5-8-15(12-17)10-16-11-15/h3-4,6-7,16H,2,5,8-12H2,1H3. The number of hydrogen-bond donors (Lipinski definition) is 1. The van der Waals surface area contributed by atoms with E-state index in [4.69, 9.17) is 4.74 Å². The maximum absolute atomic E-state index is 5.75. The minimum Gasteiger partial charge on any atom is -0.492 e. The van der Waals surface area contributed by atoms with E-state index in [1.54, 1.807) is 0 Å². The van der Waals surface area contributed by atoms with Gasteiger partial charge in [-0.25, -0.2) is 0 Å². The van der Waals surface area contributed by atoms with Crippen LogP contribution in [0.2, 0.25) is 0 Å². The summed E-state index contributed by atoms with van der Waals surface area (Å²) in [6.45, 7) is 7.47. The van der Waals surface area contributed by atoms with Crippen LogP contribution in [0.4, 0.5) is 5.69 Å². The van der Waals surface area contributed by atoms with Crippen LogP contribution < -0.4 is 15.0 Å². The minimum absolute atomic E-state index is 0.525. The van der Waals surface area contributed by atoms with Crippen LogP contribution in [0.25, 0.3) is 0 Å². The van der Waals surface area contributed by atoms with Crippen LogP contribution in [-0.4, -0.2) is 32.8 Å². The Kier molecular flexibility index (Phi) is 3.16. The summed E-state index contributed by atoms with van der Waals surface area (Å²) in [5, 5.41) is 3.43. The van der Waals surface area contributed by atoms with E-state index in [1.807, 2.05) is 6.92 Å². The van der Waals surface area contributed by atoms with Crippen molar-refractivity contribution in [3.63, 3.8) is 0 Å². The first-order valence-corrected chi connectivity index (χ1v) is 7.00. The smallest absolute Gasteiger partial charge is 0.142 e. The lowest BCUT2D eigenvalue weighted by molar-refractivity contribution is 0.138. The molecule has 0 atom stereocenters. The fourth-order valence-electron chi connectivity index (χ4n) is 3.18. The molecular weight excluding hydrogens is 224 g/mol. The van der Waals surface area contributed by atoms with E-state index < -0.39 is 0 Å². The van der Waals surface area contributed by atoms with Crippen molar-refractivity contribution in [1.29, 1.82) is 0 Å². The Labute approximate surface area is 109 Å². The SMILES string of the molecule is CCOc1ccccc1N1CCCC2(CNC2)C1. The number of para-hydroxylation sites is 2. The summed E-state index contributed by atoms with van der Waals surface area (Å²) in [6.07, 6.45) is 2.66.